The van der Waals surface area contributed by atoms with Crippen LogP contribution in [0.1, 0.15) is 36.7 Å². The Labute approximate surface area is 128 Å². The van der Waals surface area contributed by atoms with Crippen LogP contribution in [0.4, 0.5) is 13.2 Å². The molecule has 0 saturated carbocycles. The van der Waals surface area contributed by atoms with Crippen LogP contribution in [0.5, 0.6) is 0 Å². The van der Waals surface area contributed by atoms with Crippen LogP contribution in [-0.2, 0) is 6.18 Å². The van der Waals surface area contributed by atoms with E-state index in [4.69, 9.17) is 5.26 Å². The summed E-state index contributed by atoms with van der Waals surface area (Å²) in [5, 5.41) is 8.75. The highest BCUT2D eigenvalue weighted by molar-refractivity contribution is 8.01. The molecule has 110 valence electrons. The first-order valence-corrected chi connectivity index (χ1v) is 7.53. The van der Waals surface area contributed by atoms with Gasteiger partial charge >= 0.3 is 6.18 Å². The SMILES string of the molecule is CC(C)c1nsc(Sc2ccc(C#N)c(C(F)(F)F)c2)n1. The van der Waals surface area contributed by atoms with Gasteiger partial charge in [0.2, 0.25) is 0 Å². The van der Waals surface area contributed by atoms with E-state index in [9.17, 15) is 13.2 Å². The van der Waals surface area contributed by atoms with Gasteiger partial charge in [0.15, 0.2) is 4.34 Å². The molecule has 2 aromatic rings. The molecule has 0 amide bonds. The molecule has 1 aromatic carbocycles. The summed E-state index contributed by atoms with van der Waals surface area (Å²) in [5.41, 5.74) is -1.31. The van der Waals surface area contributed by atoms with Gasteiger partial charge in [0.25, 0.3) is 0 Å². The van der Waals surface area contributed by atoms with E-state index < -0.39 is 11.7 Å². The van der Waals surface area contributed by atoms with Gasteiger partial charge in [-0.25, -0.2) is 4.98 Å². The Bertz CT molecular complexity index is 687. The van der Waals surface area contributed by atoms with Crippen LogP contribution in [0.15, 0.2) is 27.4 Å². The molecule has 3 nitrogen and oxygen atoms in total. The highest BCUT2D eigenvalue weighted by atomic mass is 32.2. The van der Waals surface area contributed by atoms with Gasteiger partial charge in [0, 0.05) is 10.8 Å². The Morgan fingerprint density at radius 3 is 2.57 bits per heavy atom. The second-order valence-electron chi connectivity index (χ2n) is 4.49. The first-order chi connectivity index (χ1) is 9.81. The molecule has 2 rings (SSSR count). The minimum atomic E-state index is -4.55. The Kier molecular flexibility index (Phi) is 4.54. The molecule has 1 aromatic heterocycles. The molecule has 0 N–H and O–H groups in total. The topological polar surface area (TPSA) is 49.6 Å². The molecule has 1 heterocycles. The van der Waals surface area contributed by atoms with Gasteiger partial charge in [-0.2, -0.15) is 22.8 Å². The molecule has 21 heavy (non-hydrogen) atoms. The van der Waals surface area contributed by atoms with Crippen LogP contribution in [0.3, 0.4) is 0 Å². The maximum atomic E-state index is 12.9. The maximum Gasteiger partial charge on any atom is 0.417 e. The molecule has 0 radical (unpaired) electrons. The number of halogens is 3. The molecule has 0 spiro atoms. The molecule has 0 bridgehead atoms. The minimum absolute atomic E-state index is 0.169. The van der Waals surface area contributed by atoms with Crippen LogP contribution < -0.4 is 0 Å². The summed E-state index contributed by atoms with van der Waals surface area (Å²) in [4.78, 5) is 4.65. The Balaban J connectivity index is 2.31. The summed E-state index contributed by atoms with van der Waals surface area (Å²) in [7, 11) is 0. The highest BCUT2D eigenvalue weighted by Gasteiger charge is 2.33. The van der Waals surface area contributed by atoms with E-state index in [2.05, 4.69) is 9.36 Å². The molecule has 0 fully saturated rings. The molecule has 0 unspecified atom stereocenters. The average molecular weight is 329 g/mol. The van der Waals surface area contributed by atoms with Crippen molar-refractivity contribution in [2.24, 2.45) is 0 Å². The third kappa shape index (κ3) is 3.74. The molecule has 0 atom stereocenters. The standard InChI is InChI=1S/C13H10F3N3S2/c1-7(2)11-18-12(21-19-11)20-9-4-3-8(6-17)10(5-9)13(14,15)16/h3-5,7H,1-2H3. The van der Waals surface area contributed by atoms with Crippen molar-refractivity contribution in [1.29, 1.82) is 5.26 Å². The number of hydrogen-bond acceptors (Lipinski definition) is 5. The predicted molar refractivity (Wildman–Crippen MR) is 74.3 cm³/mol. The molecule has 0 saturated heterocycles. The van der Waals surface area contributed by atoms with E-state index in [1.165, 1.54) is 12.1 Å². The van der Waals surface area contributed by atoms with Gasteiger partial charge in [-0.3, -0.25) is 0 Å². The zero-order chi connectivity index (χ0) is 15.6. The fourth-order valence-electron chi connectivity index (χ4n) is 1.52. The molecule has 0 aliphatic heterocycles. The van der Waals surface area contributed by atoms with Gasteiger partial charge in [0.1, 0.15) is 5.82 Å². The summed E-state index contributed by atoms with van der Waals surface area (Å²) in [6.45, 7) is 3.89. The number of benzene rings is 1. The molecule has 0 aliphatic carbocycles. The highest BCUT2D eigenvalue weighted by Crippen LogP contribution is 2.37. The van der Waals surface area contributed by atoms with E-state index >= 15 is 0 Å². The van der Waals surface area contributed by atoms with Gasteiger partial charge < -0.3 is 0 Å². The molecule has 0 aliphatic rings. The van der Waals surface area contributed by atoms with Crippen molar-refractivity contribution in [2.75, 3.05) is 0 Å². The number of aromatic nitrogens is 2. The van der Waals surface area contributed by atoms with Gasteiger partial charge in [0.05, 0.1) is 17.2 Å². The lowest BCUT2D eigenvalue weighted by molar-refractivity contribution is -0.137. The number of nitriles is 1. The van der Waals surface area contributed by atoms with E-state index in [1.54, 1.807) is 6.07 Å². The lowest BCUT2D eigenvalue weighted by Gasteiger charge is -2.09. The maximum absolute atomic E-state index is 12.9. The summed E-state index contributed by atoms with van der Waals surface area (Å²) >= 11 is 2.26. The number of rotatable bonds is 3. The third-order valence-corrected chi connectivity index (χ3v) is 4.32. The van der Waals surface area contributed by atoms with Crippen LogP contribution in [-0.4, -0.2) is 9.36 Å². The summed E-state index contributed by atoms with van der Waals surface area (Å²) in [5.74, 6) is 0.842. The first kappa shape index (κ1) is 15.8. The van der Waals surface area contributed by atoms with Crippen molar-refractivity contribution in [3.05, 3.63) is 35.2 Å². The second kappa shape index (κ2) is 6.03. The summed E-state index contributed by atoms with van der Waals surface area (Å²) in [6.07, 6.45) is -4.55. The quantitative estimate of drug-likeness (QED) is 0.819. The molecule has 8 heteroatoms. The van der Waals surface area contributed by atoms with Crippen molar-refractivity contribution in [1.82, 2.24) is 9.36 Å². The van der Waals surface area contributed by atoms with Crippen LogP contribution in [0.25, 0.3) is 0 Å². The monoisotopic (exact) mass is 329 g/mol. The number of nitrogens with zero attached hydrogens (tertiary/aromatic N) is 3. The van der Waals surface area contributed by atoms with Crippen molar-refractivity contribution in [2.45, 2.75) is 35.2 Å². The van der Waals surface area contributed by atoms with E-state index in [0.29, 0.717) is 15.1 Å². The fraction of sp³-hybridized carbons (Fsp3) is 0.308. The largest absolute Gasteiger partial charge is 0.417 e. The van der Waals surface area contributed by atoms with Crippen molar-refractivity contribution < 1.29 is 13.2 Å². The molecular weight excluding hydrogens is 319 g/mol. The third-order valence-electron chi connectivity index (χ3n) is 2.56. The van der Waals surface area contributed by atoms with Gasteiger partial charge in [-0.05, 0) is 29.7 Å². The summed E-state index contributed by atoms with van der Waals surface area (Å²) < 4.78 is 43.4. The van der Waals surface area contributed by atoms with Crippen molar-refractivity contribution in [3.8, 4) is 6.07 Å². The smallest absolute Gasteiger partial charge is 0.212 e. The number of hydrogen-bond donors (Lipinski definition) is 0. The normalized spacial score (nSPS) is 11.7. The Morgan fingerprint density at radius 2 is 2.05 bits per heavy atom. The van der Waals surface area contributed by atoms with Gasteiger partial charge in [-0.1, -0.05) is 25.6 Å². The predicted octanol–water partition coefficient (Wildman–Crippen LogP) is 4.70. The first-order valence-electron chi connectivity index (χ1n) is 5.94. The van der Waals surface area contributed by atoms with Crippen LogP contribution >= 0.6 is 23.3 Å². The number of alkyl halides is 3. The Morgan fingerprint density at radius 1 is 1.33 bits per heavy atom. The minimum Gasteiger partial charge on any atom is -0.212 e. The lowest BCUT2D eigenvalue weighted by Crippen LogP contribution is -2.07. The second-order valence-corrected chi connectivity index (χ2v) is 6.56. The van der Waals surface area contributed by atoms with Crippen molar-refractivity contribution in [3.63, 3.8) is 0 Å². The summed E-state index contributed by atoms with van der Waals surface area (Å²) in [6, 6.07) is 5.19. The fourth-order valence-corrected chi connectivity index (χ4v) is 3.28. The lowest BCUT2D eigenvalue weighted by atomic mass is 10.1. The van der Waals surface area contributed by atoms with E-state index in [-0.39, 0.29) is 11.5 Å². The van der Waals surface area contributed by atoms with E-state index in [0.717, 1.165) is 29.4 Å². The van der Waals surface area contributed by atoms with E-state index in [1.807, 2.05) is 13.8 Å². The zero-order valence-corrected chi connectivity index (χ0v) is 12.7. The van der Waals surface area contributed by atoms with Crippen LogP contribution in [0, 0.1) is 11.3 Å². The average Bonchev–Trinajstić information content (AvgIpc) is 2.86. The molecular formula is C13H10F3N3S2. The van der Waals surface area contributed by atoms with Gasteiger partial charge in [-0.15, -0.1) is 0 Å². The zero-order valence-electron chi connectivity index (χ0n) is 11.1. The van der Waals surface area contributed by atoms with Crippen LogP contribution in [0.2, 0.25) is 0 Å². The van der Waals surface area contributed by atoms with Crippen molar-refractivity contribution >= 4 is 23.3 Å². The Hall–Kier alpha value is -1.59.